The van der Waals surface area contributed by atoms with E-state index in [2.05, 4.69) is 11.8 Å². The molecule has 37 heavy (non-hydrogen) atoms. The van der Waals surface area contributed by atoms with Gasteiger partial charge in [-0.25, -0.2) is 9.18 Å². The molecule has 204 valence electrons. The molecule has 2 amide bonds. The number of Topliss-reactive ketones (excluding diaryl/α,β-unsaturated/α-hetero) is 1. The number of hydrogen-bond acceptors (Lipinski definition) is 5. The van der Waals surface area contributed by atoms with Crippen LogP contribution in [-0.4, -0.2) is 76.9 Å². The van der Waals surface area contributed by atoms with Gasteiger partial charge >= 0.3 is 6.09 Å². The predicted molar refractivity (Wildman–Crippen MR) is 140 cm³/mol. The number of halogens is 1. The predicted octanol–water partition coefficient (Wildman–Crippen LogP) is 4.34. The van der Waals surface area contributed by atoms with E-state index in [0.29, 0.717) is 37.6 Å². The number of amides is 2. The summed E-state index contributed by atoms with van der Waals surface area (Å²) in [4.78, 5) is 43.9. The standard InChI is InChI=1S/C29H42FN3O4/c1-19-15-31(10-11-33(19)27(35)21-8-6-7-9-21)16-23-13-25(30)12-22(20(23)2)14-26(34)24-17-32(18-24)28(36)37-29(3,4)5/h12-13,19,21,24H,6-11,14-18H2,1-5H3/t19-/m0/s1. The molecular weight excluding hydrogens is 473 g/mol. The van der Waals surface area contributed by atoms with Crippen molar-refractivity contribution in [3.05, 3.63) is 34.6 Å². The van der Waals surface area contributed by atoms with Crippen LogP contribution in [0.3, 0.4) is 0 Å². The minimum atomic E-state index is -0.572. The molecule has 0 bridgehead atoms. The van der Waals surface area contributed by atoms with Crippen molar-refractivity contribution in [2.24, 2.45) is 11.8 Å². The van der Waals surface area contributed by atoms with E-state index in [1.165, 1.54) is 11.0 Å². The molecule has 1 aromatic rings. The van der Waals surface area contributed by atoms with E-state index in [9.17, 15) is 18.8 Å². The average Bonchev–Trinajstić information content (AvgIpc) is 3.29. The summed E-state index contributed by atoms with van der Waals surface area (Å²) in [5.74, 6) is -0.0763. The fourth-order valence-electron chi connectivity index (χ4n) is 5.79. The van der Waals surface area contributed by atoms with E-state index in [1.807, 2.05) is 32.6 Å². The maximum atomic E-state index is 14.6. The van der Waals surface area contributed by atoms with Gasteiger partial charge in [0.1, 0.15) is 17.2 Å². The SMILES string of the molecule is Cc1c(CC(=O)C2CN(C(=O)OC(C)(C)C)C2)cc(F)cc1CN1CCN(C(=O)C2CCCC2)[C@@H](C)C1. The van der Waals surface area contributed by atoms with Gasteiger partial charge in [-0.2, -0.15) is 0 Å². The van der Waals surface area contributed by atoms with Gasteiger partial charge in [-0.15, -0.1) is 0 Å². The first-order valence-electron chi connectivity index (χ1n) is 13.7. The summed E-state index contributed by atoms with van der Waals surface area (Å²) >= 11 is 0. The number of hydrogen-bond donors (Lipinski definition) is 0. The molecular formula is C29H42FN3O4. The summed E-state index contributed by atoms with van der Waals surface area (Å²) in [6, 6.07) is 3.16. The Morgan fingerprint density at radius 3 is 2.27 bits per heavy atom. The Bertz CT molecular complexity index is 1020. The number of piperazine rings is 1. The lowest BCUT2D eigenvalue weighted by atomic mass is 9.89. The van der Waals surface area contributed by atoms with E-state index in [-0.39, 0.29) is 35.9 Å². The molecule has 1 atom stereocenters. The molecule has 4 rings (SSSR count). The van der Waals surface area contributed by atoms with Crippen LogP contribution in [0.15, 0.2) is 12.1 Å². The third kappa shape index (κ3) is 6.70. The minimum Gasteiger partial charge on any atom is -0.444 e. The van der Waals surface area contributed by atoms with E-state index in [1.54, 1.807) is 6.07 Å². The normalized spacial score (nSPS) is 21.7. The van der Waals surface area contributed by atoms with Gasteiger partial charge in [-0.1, -0.05) is 12.8 Å². The number of carbonyl (C=O) groups excluding carboxylic acids is 3. The highest BCUT2D eigenvalue weighted by Crippen LogP contribution is 2.29. The molecule has 1 aromatic carbocycles. The zero-order valence-electron chi connectivity index (χ0n) is 23.0. The lowest BCUT2D eigenvalue weighted by Gasteiger charge is -2.41. The molecule has 2 aliphatic heterocycles. The molecule has 7 nitrogen and oxygen atoms in total. The van der Waals surface area contributed by atoms with Crippen LogP contribution < -0.4 is 0 Å². The Balaban J connectivity index is 1.32. The quantitative estimate of drug-likeness (QED) is 0.564. The molecule has 3 fully saturated rings. The fourth-order valence-corrected chi connectivity index (χ4v) is 5.79. The summed E-state index contributed by atoms with van der Waals surface area (Å²) in [6.45, 7) is 13.0. The summed E-state index contributed by atoms with van der Waals surface area (Å²) in [5.41, 5.74) is 1.96. The summed E-state index contributed by atoms with van der Waals surface area (Å²) in [6.07, 6.45) is 4.07. The summed E-state index contributed by atoms with van der Waals surface area (Å²) < 4.78 is 20.0. The van der Waals surface area contributed by atoms with Crippen LogP contribution in [0.1, 0.15) is 70.1 Å². The van der Waals surface area contributed by atoms with Gasteiger partial charge in [-0.05, 0) is 76.3 Å². The van der Waals surface area contributed by atoms with Crippen molar-refractivity contribution in [3.63, 3.8) is 0 Å². The third-order valence-corrected chi connectivity index (χ3v) is 8.03. The highest BCUT2D eigenvalue weighted by molar-refractivity contribution is 5.86. The van der Waals surface area contributed by atoms with Crippen LogP contribution in [0.25, 0.3) is 0 Å². The Labute approximate surface area is 220 Å². The molecule has 0 spiro atoms. The topological polar surface area (TPSA) is 70.2 Å². The number of ether oxygens (including phenoxy) is 1. The van der Waals surface area contributed by atoms with Gasteiger partial charge in [0.05, 0.1) is 5.92 Å². The maximum absolute atomic E-state index is 14.6. The zero-order valence-corrected chi connectivity index (χ0v) is 23.0. The summed E-state index contributed by atoms with van der Waals surface area (Å²) in [5, 5.41) is 0. The van der Waals surface area contributed by atoms with Gasteiger partial charge in [0.2, 0.25) is 5.91 Å². The van der Waals surface area contributed by atoms with Crippen LogP contribution in [-0.2, 0) is 27.3 Å². The maximum Gasteiger partial charge on any atom is 0.410 e. The van der Waals surface area contributed by atoms with Crippen molar-refractivity contribution in [1.82, 2.24) is 14.7 Å². The minimum absolute atomic E-state index is 0.0205. The molecule has 2 saturated heterocycles. The third-order valence-electron chi connectivity index (χ3n) is 8.03. The van der Waals surface area contributed by atoms with Crippen molar-refractivity contribution in [2.45, 2.75) is 84.9 Å². The lowest BCUT2D eigenvalue weighted by molar-refractivity contribution is -0.140. The molecule has 0 radical (unpaired) electrons. The highest BCUT2D eigenvalue weighted by atomic mass is 19.1. The van der Waals surface area contributed by atoms with Crippen LogP contribution in [0, 0.1) is 24.6 Å². The smallest absolute Gasteiger partial charge is 0.410 e. The first-order valence-corrected chi connectivity index (χ1v) is 13.7. The van der Waals surface area contributed by atoms with Crippen molar-refractivity contribution in [1.29, 1.82) is 0 Å². The number of likely N-dealkylation sites (tertiary alicyclic amines) is 1. The van der Waals surface area contributed by atoms with Crippen LogP contribution in [0.2, 0.25) is 0 Å². The molecule has 0 aromatic heterocycles. The van der Waals surface area contributed by atoms with Crippen molar-refractivity contribution >= 4 is 17.8 Å². The largest absolute Gasteiger partial charge is 0.444 e. The number of ketones is 1. The molecule has 2 heterocycles. The Kier molecular flexibility index (Phi) is 8.26. The number of rotatable bonds is 6. The molecule has 3 aliphatic rings. The lowest BCUT2D eigenvalue weighted by Crippen LogP contribution is -2.54. The molecule has 1 aliphatic carbocycles. The zero-order chi connectivity index (χ0) is 26.9. The van der Waals surface area contributed by atoms with Crippen LogP contribution >= 0.6 is 0 Å². The second-order valence-corrected chi connectivity index (χ2v) is 12.2. The Hall–Kier alpha value is -2.48. The van der Waals surface area contributed by atoms with E-state index in [4.69, 9.17) is 4.74 Å². The fraction of sp³-hybridized carbons (Fsp3) is 0.690. The van der Waals surface area contributed by atoms with Gasteiger partial charge in [0.25, 0.3) is 0 Å². The average molecular weight is 516 g/mol. The summed E-state index contributed by atoms with van der Waals surface area (Å²) in [7, 11) is 0. The Morgan fingerprint density at radius 1 is 1.00 bits per heavy atom. The van der Waals surface area contributed by atoms with E-state index in [0.717, 1.165) is 49.9 Å². The molecule has 0 unspecified atom stereocenters. The van der Waals surface area contributed by atoms with Crippen molar-refractivity contribution in [2.75, 3.05) is 32.7 Å². The first kappa shape index (κ1) is 27.6. The number of benzene rings is 1. The second-order valence-electron chi connectivity index (χ2n) is 12.2. The van der Waals surface area contributed by atoms with Gasteiger partial charge < -0.3 is 14.5 Å². The van der Waals surface area contributed by atoms with Gasteiger partial charge in [0.15, 0.2) is 0 Å². The molecule has 0 N–H and O–H groups in total. The van der Waals surface area contributed by atoms with E-state index >= 15 is 0 Å². The Morgan fingerprint density at radius 2 is 1.65 bits per heavy atom. The number of nitrogens with zero attached hydrogens (tertiary/aromatic N) is 3. The van der Waals surface area contributed by atoms with Gasteiger partial charge in [0, 0.05) is 57.6 Å². The van der Waals surface area contributed by atoms with Crippen LogP contribution in [0.5, 0.6) is 0 Å². The van der Waals surface area contributed by atoms with Gasteiger partial charge in [-0.3, -0.25) is 14.5 Å². The van der Waals surface area contributed by atoms with Crippen molar-refractivity contribution in [3.8, 4) is 0 Å². The molecule has 8 heteroatoms. The van der Waals surface area contributed by atoms with Crippen molar-refractivity contribution < 1.29 is 23.5 Å². The highest BCUT2D eigenvalue weighted by Gasteiger charge is 2.38. The van der Waals surface area contributed by atoms with E-state index < -0.39 is 11.7 Å². The second kappa shape index (κ2) is 11.1. The number of carbonyl (C=O) groups is 3. The first-order chi connectivity index (χ1) is 17.4. The monoisotopic (exact) mass is 515 g/mol. The molecule has 1 saturated carbocycles. The van der Waals surface area contributed by atoms with Crippen LogP contribution in [0.4, 0.5) is 9.18 Å².